The summed E-state index contributed by atoms with van der Waals surface area (Å²) in [5.74, 6) is 0. The molecule has 0 saturated carbocycles. The molecule has 3 nitrogen and oxygen atoms in total. The third-order valence-corrected chi connectivity index (χ3v) is 2.36. The van der Waals surface area contributed by atoms with Crippen LogP contribution in [0.2, 0.25) is 0 Å². The Kier molecular flexibility index (Phi) is 5.76. The van der Waals surface area contributed by atoms with E-state index >= 15 is 0 Å². The minimum atomic E-state index is -0.306. The van der Waals surface area contributed by atoms with Crippen LogP contribution in [0.5, 0.6) is 0 Å². The highest BCUT2D eigenvalue weighted by molar-refractivity contribution is 7.13. The fourth-order valence-corrected chi connectivity index (χ4v) is 1.13. The lowest BCUT2D eigenvalue weighted by Gasteiger charge is -2.26. The Morgan fingerprint density at radius 2 is 1.82 bits per heavy atom. The Morgan fingerprint density at radius 3 is 2.09 bits per heavy atom. The Labute approximate surface area is 73.7 Å². The van der Waals surface area contributed by atoms with E-state index in [1.807, 2.05) is 30.4 Å². The van der Waals surface area contributed by atoms with Gasteiger partial charge in [-0.25, -0.2) is 0 Å². The van der Waals surface area contributed by atoms with Crippen LogP contribution in [0.15, 0.2) is 0 Å². The highest BCUT2D eigenvalue weighted by Gasteiger charge is 2.16. The first-order valence-electron chi connectivity index (χ1n) is 3.56. The second-order valence-corrected chi connectivity index (χ2v) is 4.61. The zero-order valence-corrected chi connectivity index (χ0v) is 9.67. The topological polar surface area (TPSA) is 26.7 Å². The van der Waals surface area contributed by atoms with Crippen molar-refractivity contribution in [2.75, 3.05) is 20.6 Å². The van der Waals surface area contributed by atoms with Gasteiger partial charge in [0.15, 0.2) is 0 Å². The second kappa shape index (κ2) is 5.40. The van der Waals surface area contributed by atoms with Crippen molar-refractivity contribution in [1.29, 1.82) is 0 Å². The van der Waals surface area contributed by atoms with Crippen LogP contribution in [0.4, 0.5) is 0 Å². The van der Waals surface area contributed by atoms with Crippen molar-refractivity contribution in [2.24, 2.45) is 0 Å². The van der Waals surface area contributed by atoms with Crippen molar-refractivity contribution >= 4 is 18.8 Å². The third-order valence-electron chi connectivity index (χ3n) is 1.67. The van der Waals surface area contributed by atoms with Gasteiger partial charge in [0.2, 0.25) is 0 Å². The Bertz CT molecular complexity index is 111. The number of hydrogen-bond acceptors (Lipinski definition) is 3. The van der Waals surface area contributed by atoms with Gasteiger partial charge in [0.25, 0.3) is 0 Å². The van der Waals surface area contributed by atoms with E-state index in [0.29, 0.717) is 6.54 Å². The van der Waals surface area contributed by atoms with E-state index < -0.39 is 0 Å². The van der Waals surface area contributed by atoms with Crippen LogP contribution in [-0.4, -0.2) is 47.2 Å². The summed E-state index contributed by atoms with van der Waals surface area (Å²) < 4.78 is 3.83. The van der Waals surface area contributed by atoms with E-state index in [0.717, 1.165) is 0 Å². The monoisotopic (exact) mass is 196 g/mol. The van der Waals surface area contributed by atoms with Crippen LogP contribution in [-0.2, 0) is 0 Å². The molecule has 2 unspecified atom stereocenters. The third kappa shape index (κ3) is 5.05. The summed E-state index contributed by atoms with van der Waals surface area (Å²) in [6, 6.07) is 0.169. The maximum absolute atomic E-state index is 9.55. The molecular formula is C6H18N2OP2. The van der Waals surface area contributed by atoms with Gasteiger partial charge in [0.1, 0.15) is 0 Å². The summed E-state index contributed by atoms with van der Waals surface area (Å²) in [4.78, 5) is 0. The number of aliphatic hydroxyl groups excluding tert-OH is 1. The van der Waals surface area contributed by atoms with Gasteiger partial charge in [0.05, 0.1) is 6.10 Å². The van der Waals surface area contributed by atoms with E-state index in [-0.39, 0.29) is 12.1 Å². The van der Waals surface area contributed by atoms with E-state index in [1.54, 1.807) is 0 Å². The number of aliphatic hydroxyl groups is 1. The van der Waals surface area contributed by atoms with Gasteiger partial charge in [-0.2, -0.15) is 0 Å². The number of likely N-dealkylation sites (N-methyl/N-ethyl adjacent to an activating group) is 2. The van der Waals surface area contributed by atoms with Crippen molar-refractivity contribution in [3.05, 3.63) is 0 Å². The predicted octanol–water partition coefficient (Wildman–Crippen LogP) is 0.180. The highest BCUT2D eigenvalue weighted by atomic mass is 31.0. The number of hydrogen-bond donors (Lipinski definition) is 1. The summed E-state index contributed by atoms with van der Waals surface area (Å²) in [7, 11) is 8.93. The molecular weight excluding hydrogens is 178 g/mol. The largest absolute Gasteiger partial charge is 0.390 e. The van der Waals surface area contributed by atoms with Crippen molar-refractivity contribution < 1.29 is 5.11 Å². The number of rotatable bonds is 4. The maximum Gasteiger partial charge on any atom is 0.0825 e. The van der Waals surface area contributed by atoms with Gasteiger partial charge in [-0.15, -0.1) is 0 Å². The first-order chi connectivity index (χ1) is 4.95. The van der Waals surface area contributed by atoms with E-state index in [9.17, 15) is 5.11 Å². The summed E-state index contributed by atoms with van der Waals surface area (Å²) in [6.07, 6.45) is -0.306. The lowest BCUT2D eigenvalue weighted by atomic mass is 10.2. The summed E-state index contributed by atoms with van der Waals surface area (Å²) >= 11 is 0. The van der Waals surface area contributed by atoms with Gasteiger partial charge < -0.3 is 5.11 Å². The fourth-order valence-electron chi connectivity index (χ4n) is 0.719. The molecule has 0 fully saturated rings. The molecule has 0 rings (SSSR count). The zero-order chi connectivity index (χ0) is 9.02. The molecule has 11 heavy (non-hydrogen) atoms. The summed E-state index contributed by atoms with van der Waals surface area (Å²) in [5.41, 5.74) is 0. The van der Waals surface area contributed by atoms with Crippen LogP contribution in [0.3, 0.4) is 0 Å². The van der Waals surface area contributed by atoms with Crippen molar-refractivity contribution in [3.8, 4) is 0 Å². The molecule has 5 heteroatoms. The molecule has 68 valence electrons. The Hall–Kier alpha value is 0.740. The van der Waals surface area contributed by atoms with Gasteiger partial charge in [0, 0.05) is 12.6 Å². The molecule has 0 bridgehead atoms. The van der Waals surface area contributed by atoms with E-state index in [4.69, 9.17) is 0 Å². The molecule has 4 atom stereocenters. The van der Waals surface area contributed by atoms with Crippen LogP contribution >= 0.6 is 18.8 Å². The average Bonchev–Trinajstić information content (AvgIpc) is 1.84. The maximum atomic E-state index is 9.55. The Morgan fingerprint density at radius 1 is 1.36 bits per heavy atom. The first kappa shape index (κ1) is 11.7. The molecule has 1 N–H and O–H groups in total. The van der Waals surface area contributed by atoms with Crippen LogP contribution < -0.4 is 0 Å². The van der Waals surface area contributed by atoms with Crippen LogP contribution in [0.25, 0.3) is 0 Å². The van der Waals surface area contributed by atoms with Crippen LogP contribution in [0, 0.1) is 0 Å². The SMILES string of the molecule is C[C@@H]([C@H](O)CN(C)P)N(C)P. The van der Waals surface area contributed by atoms with E-state index in [1.165, 1.54) is 0 Å². The molecule has 0 amide bonds. The summed E-state index contributed by atoms with van der Waals surface area (Å²) in [5, 5.41) is 9.55. The zero-order valence-electron chi connectivity index (χ0n) is 7.36. The lowest BCUT2D eigenvalue weighted by Crippen LogP contribution is -2.38. The van der Waals surface area contributed by atoms with Crippen molar-refractivity contribution in [1.82, 2.24) is 9.34 Å². The molecule has 0 aromatic carbocycles. The molecule has 0 aliphatic carbocycles. The van der Waals surface area contributed by atoms with Gasteiger partial charge in [-0.3, -0.25) is 9.34 Å². The Balaban J connectivity index is 3.73. The smallest absolute Gasteiger partial charge is 0.0825 e. The van der Waals surface area contributed by atoms with Crippen LogP contribution in [0.1, 0.15) is 6.92 Å². The normalized spacial score (nSPS) is 17.5. The lowest BCUT2D eigenvalue weighted by molar-refractivity contribution is 0.0974. The minimum Gasteiger partial charge on any atom is -0.390 e. The highest BCUT2D eigenvalue weighted by Crippen LogP contribution is 2.08. The standard InChI is InChI=1S/C6H18N2OP2/c1-5(8(3)11)6(9)4-7(2)10/h5-6,9H,4,10-11H2,1-3H3/t5-,6+/m0/s1. The molecule has 0 saturated heterocycles. The predicted molar refractivity (Wildman–Crippen MR) is 55.3 cm³/mol. The average molecular weight is 196 g/mol. The molecule has 0 aromatic heterocycles. The molecule has 0 aromatic rings. The quantitative estimate of drug-likeness (QED) is 0.650. The van der Waals surface area contributed by atoms with Crippen molar-refractivity contribution in [3.63, 3.8) is 0 Å². The van der Waals surface area contributed by atoms with Crippen molar-refractivity contribution in [2.45, 2.75) is 19.1 Å². The molecule has 0 heterocycles. The molecule has 0 aliphatic rings. The van der Waals surface area contributed by atoms with E-state index in [2.05, 4.69) is 18.8 Å². The molecule has 0 spiro atoms. The van der Waals surface area contributed by atoms with Gasteiger partial charge in [-0.05, 0) is 21.0 Å². The fraction of sp³-hybridized carbons (Fsp3) is 1.00. The summed E-state index contributed by atoms with van der Waals surface area (Å²) in [6.45, 7) is 2.66. The first-order valence-corrected chi connectivity index (χ1v) is 4.60. The van der Waals surface area contributed by atoms with Gasteiger partial charge in [-0.1, -0.05) is 18.8 Å². The second-order valence-electron chi connectivity index (χ2n) is 2.91. The molecule has 0 radical (unpaired) electrons. The minimum absolute atomic E-state index is 0.169. The number of nitrogens with zero attached hydrogens (tertiary/aromatic N) is 2. The van der Waals surface area contributed by atoms with Gasteiger partial charge >= 0.3 is 0 Å². The molecule has 0 aliphatic heterocycles.